The van der Waals surface area contributed by atoms with Gasteiger partial charge in [0.1, 0.15) is 0 Å². The Kier molecular flexibility index (Phi) is 3.18. The van der Waals surface area contributed by atoms with Gasteiger partial charge in [0, 0.05) is 13.1 Å². The number of benzene rings is 1. The van der Waals surface area contributed by atoms with E-state index in [9.17, 15) is 17.2 Å². The first-order chi connectivity index (χ1) is 8.32. The van der Waals surface area contributed by atoms with Gasteiger partial charge in [-0.25, -0.2) is 17.2 Å². The Labute approximate surface area is 104 Å². The van der Waals surface area contributed by atoms with Crippen LogP contribution >= 0.6 is 0 Å². The lowest BCUT2D eigenvalue weighted by molar-refractivity contribution is 0.505. The zero-order chi connectivity index (χ0) is 13.5. The first-order valence-corrected chi connectivity index (χ1v) is 7.30. The van der Waals surface area contributed by atoms with E-state index in [0.29, 0.717) is 6.42 Å². The monoisotopic (exact) mass is 276 g/mol. The molecule has 100 valence electrons. The van der Waals surface area contributed by atoms with E-state index in [0.717, 1.165) is 6.07 Å². The highest BCUT2D eigenvalue weighted by molar-refractivity contribution is 7.91. The minimum Gasteiger partial charge on any atom is -0.397 e. The maximum atomic E-state index is 13.7. The van der Waals surface area contributed by atoms with Crippen molar-refractivity contribution in [1.82, 2.24) is 0 Å². The first-order valence-electron chi connectivity index (χ1n) is 5.48. The summed E-state index contributed by atoms with van der Waals surface area (Å²) >= 11 is 0. The van der Waals surface area contributed by atoms with E-state index in [2.05, 4.69) is 0 Å². The van der Waals surface area contributed by atoms with Gasteiger partial charge in [-0.05, 0) is 18.6 Å². The summed E-state index contributed by atoms with van der Waals surface area (Å²) in [5.41, 5.74) is 5.65. The number of sulfone groups is 1. The van der Waals surface area contributed by atoms with E-state index < -0.39 is 21.5 Å². The molecule has 1 fully saturated rings. The number of rotatable bonds is 2. The maximum absolute atomic E-state index is 13.7. The first kappa shape index (κ1) is 13.1. The normalized spacial score (nSPS) is 22.1. The van der Waals surface area contributed by atoms with Crippen LogP contribution in [-0.2, 0) is 9.84 Å². The Morgan fingerprint density at radius 1 is 1.39 bits per heavy atom. The standard InChI is InChI=1S/C11H14F2N2O2S/c1-15(7-4-5-18(16,17)6-7)11-9(14)3-2-8(12)10(11)13/h2-3,7H,4-6,14H2,1H3. The van der Waals surface area contributed by atoms with Gasteiger partial charge in [-0.3, -0.25) is 0 Å². The third-order valence-electron chi connectivity index (χ3n) is 3.21. The van der Waals surface area contributed by atoms with Gasteiger partial charge in [-0.1, -0.05) is 0 Å². The summed E-state index contributed by atoms with van der Waals surface area (Å²) in [4.78, 5) is 1.41. The Hall–Kier alpha value is -1.37. The molecule has 1 heterocycles. The number of hydrogen-bond donors (Lipinski definition) is 1. The average Bonchev–Trinajstić information content (AvgIpc) is 2.65. The average molecular weight is 276 g/mol. The van der Waals surface area contributed by atoms with Crippen LogP contribution in [-0.4, -0.2) is 33.0 Å². The molecular weight excluding hydrogens is 262 g/mol. The highest BCUT2D eigenvalue weighted by atomic mass is 32.2. The molecule has 1 aliphatic heterocycles. The fourth-order valence-corrected chi connectivity index (χ4v) is 3.95. The smallest absolute Gasteiger partial charge is 0.184 e. The van der Waals surface area contributed by atoms with E-state index in [-0.39, 0.29) is 28.9 Å². The summed E-state index contributed by atoms with van der Waals surface area (Å²) in [5.74, 6) is -2.02. The van der Waals surface area contributed by atoms with Gasteiger partial charge in [-0.2, -0.15) is 0 Å². The van der Waals surface area contributed by atoms with Crippen LogP contribution in [0.25, 0.3) is 0 Å². The van der Waals surface area contributed by atoms with Crippen LogP contribution in [0, 0.1) is 11.6 Å². The minimum absolute atomic E-state index is 0.0567. The van der Waals surface area contributed by atoms with E-state index in [1.165, 1.54) is 18.0 Å². The van der Waals surface area contributed by atoms with E-state index >= 15 is 0 Å². The second kappa shape index (κ2) is 4.38. The molecule has 0 aromatic heterocycles. The summed E-state index contributed by atoms with van der Waals surface area (Å²) in [6.07, 6.45) is 0.397. The molecule has 2 rings (SSSR count). The number of hydrogen-bond acceptors (Lipinski definition) is 4. The molecule has 1 aromatic rings. The number of halogens is 2. The van der Waals surface area contributed by atoms with Crippen molar-refractivity contribution < 1.29 is 17.2 Å². The maximum Gasteiger partial charge on any atom is 0.184 e. The van der Waals surface area contributed by atoms with Crippen molar-refractivity contribution in [2.24, 2.45) is 0 Å². The van der Waals surface area contributed by atoms with Crippen molar-refractivity contribution >= 4 is 21.2 Å². The predicted molar refractivity (Wildman–Crippen MR) is 66.2 cm³/mol. The molecule has 0 amide bonds. The molecule has 0 spiro atoms. The molecular formula is C11H14F2N2O2S. The predicted octanol–water partition coefficient (Wildman–Crippen LogP) is 1.17. The second-order valence-electron chi connectivity index (χ2n) is 4.47. The number of anilines is 2. The lowest BCUT2D eigenvalue weighted by Gasteiger charge is -2.27. The quantitative estimate of drug-likeness (QED) is 0.824. The highest BCUT2D eigenvalue weighted by Crippen LogP contribution is 2.31. The SMILES string of the molecule is CN(c1c(N)ccc(F)c1F)C1CCS(=O)(=O)C1. The molecule has 1 saturated heterocycles. The molecule has 1 atom stereocenters. The van der Waals surface area contributed by atoms with Crippen molar-refractivity contribution in [3.63, 3.8) is 0 Å². The van der Waals surface area contributed by atoms with Crippen LogP contribution in [0.5, 0.6) is 0 Å². The van der Waals surface area contributed by atoms with Crippen molar-refractivity contribution in [3.05, 3.63) is 23.8 Å². The van der Waals surface area contributed by atoms with Gasteiger partial charge in [0.05, 0.1) is 22.9 Å². The Bertz CT molecular complexity index is 575. The van der Waals surface area contributed by atoms with Crippen molar-refractivity contribution in [1.29, 1.82) is 0 Å². The zero-order valence-electron chi connectivity index (χ0n) is 9.86. The Morgan fingerprint density at radius 3 is 2.61 bits per heavy atom. The molecule has 0 saturated carbocycles. The molecule has 1 aromatic carbocycles. The van der Waals surface area contributed by atoms with Crippen molar-refractivity contribution in [2.75, 3.05) is 29.2 Å². The van der Waals surface area contributed by atoms with E-state index in [1.54, 1.807) is 0 Å². The van der Waals surface area contributed by atoms with Crippen LogP contribution < -0.4 is 10.6 Å². The number of nitrogens with zero attached hydrogens (tertiary/aromatic N) is 1. The van der Waals surface area contributed by atoms with Crippen LogP contribution in [0.3, 0.4) is 0 Å². The fraction of sp³-hybridized carbons (Fsp3) is 0.455. The van der Waals surface area contributed by atoms with Crippen molar-refractivity contribution in [2.45, 2.75) is 12.5 Å². The molecule has 4 nitrogen and oxygen atoms in total. The summed E-state index contributed by atoms with van der Waals surface area (Å²) in [5, 5.41) is 0. The van der Waals surface area contributed by atoms with Gasteiger partial charge >= 0.3 is 0 Å². The highest BCUT2D eigenvalue weighted by Gasteiger charge is 2.32. The van der Waals surface area contributed by atoms with Gasteiger partial charge in [-0.15, -0.1) is 0 Å². The summed E-state index contributed by atoms with van der Waals surface area (Å²) in [6, 6.07) is 1.86. The van der Waals surface area contributed by atoms with Crippen LogP contribution in [0.4, 0.5) is 20.2 Å². The molecule has 0 radical (unpaired) electrons. The lowest BCUT2D eigenvalue weighted by Crippen LogP contribution is -2.34. The molecule has 7 heteroatoms. The molecule has 0 bridgehead atoms. The Morgan fingerprint density at radius 2 is 2.06 bits per heavy atom. The topological polar surface area (TPSA) is 63.4 Å². The molecule has 2 N–H and O–H groups in total. The van der Waals surface area contributed by atoms with Gasteiger partial charge in [0.15, 0.2) is 21.5 Å². The fourth-order valence-electron chi connectivity index (χ4n) is 2.18. The third-order valence-corrected chi connectivity index (χ3v) is 4.96. The molecule has 18 heavy (non-hydrogen) atoms. The number of nitrogen functional groups attached to an aromatic ring is 1. The van der Waals surface area contributed by atoms with Crippen LogP contribution in [0.2, 0.25) is 0 Å². The molecule has 1 aliphatic rings. The van der Waals surface area contributed by atoms with Gasteiger partial charge in [0.25, 0.3) is 0 Å². The van der Waals surface area contributed by atoms with Gasteiger partial charge < -0.3 is 10.6 Å². The number of nitrogens with two attached hydrogens (primary N) is 1. The second-order valence-corrected chi connectivity index (χ2v) is 6.70. The lowest BCUT2D eigenvalue weighted by atomic mass is 10.1. The zero-order valence-corrected chi connectivity index (χ0v) is 10.7. The summed E-state index contributed by atoms with van der Waals surface area (Å²) in [6.45, 7) is 0. The largest absolute Gasteiger partial charge is 0.397 e. The third kappa shape index (κ3) is 2.27. The van der Waals surface area contributed by atoms with E-state index in [1.807, 2.05) is 0 Å². The summed E-state index contributed by atoms with van der Waals surface area (Å²) in [7, 11) is -1.56. The Balaban J connectivity index is 2.35. The van der Waals surface area contributed by atoms with E-state index in [4.69, 9.17) is 5.73 Å². The van der Waals surface area contributed by atoms with Gasteiger partial charge in [0.2, 0.25) is 0 Å². The summed E-state index contributed by atoms with van der Waals surface area (Å²) < 4.78 is 49.7. The van der Waals surface area contributed by atoms with Crippen LogP contribution in [0.15, 0.2) is 12.1 Å². The van der Waals surface area contributed by atoms with Crippen molar-refractivity contribution in [3.8, 4) is 0 Å². The minimum atomic E-state index is -3.08. The molecule has 0 aliphatic carbocycles. The van der Waals surface area contributed by atoms with Crippen LogP contribution in [0.1, 0.15) is 6.42 Å². The molecule has 1 unspecified atom stereocenters.